The van der Waals surface area contributed by atoms with Crippen LogP contribution in [0.15, 0.2) is 24.3 Å². The van der Waals surface area contributed by atoms with Crippen LogP contribution < -0.4 is 10.1 Å². The molecule has 24 heavy (non-hydrogen) atoms. The minimum atomic E-state index is -0.181. The first-order chi connectivity index (χ1) is 11.7. The summed E-state index contributed by atoms with van der Waals surface area (Å²) in [6.07, 6.45) is 6.51. The summed E-state index contributed by atoms with van der Waals surface area (Å²) in [5.74, 6) is 0.236. The maximum Gasteiger partial charge on any atom is 0.306 e. The molecule has 1 aromatic carbocycles. The second-order valence-electron chi connectivity index (χ2n) is 6.04. The summed E-state index contributed by atoms with van der Waals surface area (Å²) in [4.78, 5) is 24.0. The lowest BCUT2D eigenvalue weighted by Gasteiger charge is -2.21. The van der Waals surface area contributed by atoms with Crippen molar-refractivity contribution >= 4 is 11.9 Å². The van der Waals surface area contributed by atoms with Gasteiger partial charge in [-0.1, -0.05) is 18.6 Å². The molecule has 0 aliphatic heterocycles. The zero-order valence-electron chi connectivity index (χ0n) is 14.4. The van der Waals surface area contributed by atoms with Crippen LogP contribution in [0, 0.1) is 0 Å². The summed E-state index contributed by atoms with van der Waals surface area (Å²) >= 11 is 0. The summed E-state index contributed by atoms with van der Waals surface area (Å²) in [5.41, 5.74) is 0.518. The number of ether oxygens (including phenoxy) is 2. The van der Waals surface area contributed by atoms with E-state index in [2.05, 4.69) is 5.32 Å². The molecule has 1 fully saturated rings. The molecule has 1 aliphatic rings. The van der Waals surface area contributed by atoms with Gasteiger partial charge in [-0.25, -0.2) is 0 Å². The van der Waals surface area contributed by atoms with Gasteiger partial charge in [-0.05, 0) is 51.2 Å². The molecule has 0 saturated heterocycles. The van der Waals surface area contributed by atoms with Crippen LogP contribution in [0.25, 0.3) is 0 Å². The van der Waals surface area contributed by atoms with E-state index in [-0.39, 0.29) is 18.0 Å². The largest absolute Gasteiger partial charge is 0.493 e. The number of hydrogen-bond acceptors (Lipinski definition) is 4. The van der Waals surface area contributed by atoms with Gasteiger partial charge in [0.05, 0.1) is 12.2 Å². The van der Waals surface area contributed by atoms with E-state index in [9.17, 15) is 9.59 Å². The fourth-order valence-corrected chi connectivity index (χ4v) is 2.89. The van der Waals surface area contributed by atoms with E-state index < -0.39 is 0 Å². The van der Waals surface area contributed by atoms with E-state index in [4.69, 9.17) is 9.47 Å². The third-order valence-electron chi connectivity index (χ3n) is 4.13. The number of para-hydroxylation sites is 1. The molecule has 0 heterocycles. The molecule has 0 bridgehead atoms. The van der Waals surface area contributed by atoms with E-state index in [0.29, 0.717) is 37.3 Å². The standard InChI is InChI=1S/C19H27NO4/c1-2-23-17-12-7-6-11-16(17)19(22)20-14-8-13-18(21)24-15-9-4-3-5-10-15/h6-7,11-12,15H,2-5,8-10,13-14H2,1H3,(H,20,22). The highest BCUT2D eigenvalue weighted by Crippen LogP contribution is 2.21. The lowest BCUT2D eigenvalue weighted by molar-refractivity contribution is -0.150. The molecular formula is C19H27NO4. The fraction of sp³-hybridized carbons (Fsp3) is 0.579. The lowest BCUT2D eigenvalue weighted by Crippen LogP contribution is -2.26. The normalized spacial score (nSPS) is 14.9. The van der Waals surface area contributed by atoms with Crippen LogP contribution in [0.1, 0.15) is 62.2 Å². The van der Waals surface area contributed by atoms with E-state index in [1.165, 1.54) is 6.42 Å². The van der Waals surface area contributed by atoms with Gasteiger partial charge in [0, 0.05) is 13.0 Å². The molecule has 0 radical (unpaired) electrons. The van der Waals surface area contributed by atoms with Gasteiger partial charge < -0.3 is 14.8 Å². The Hall–Kier alpha value is -2.04. The monoisotopic (exact) mass is 333 g/mol. The zero-order valence-corrected chi connectivity index (χ0v) is 14.4. The van der Waals surface area contributed by atoms with Crippen LogP contribution in [0.3, 0.4) is 0 Å². The first-order valence-electron chi connectivity index (χ1n) is 8.90. The van der Waals surface area contributed by atoms with Crippen LogP contribution in [0.2, 0.25) is 0 Å². The number of esters is 1. The van der Waals surface area contributed by atoms with E-state index >= 15 is 0 Å². The van der Waals surface area contributed by atoms with Gasteiger partial charge in [0.1, 0.15) is 11.9 Å². The molecule has 0 spiro atoms. The van der Waals surface area contributed by atoms with Crippen molar-refractivity contribution in [3.05, 3.63) is 29.8 Å². The van der Waals surface area contributed by atoms with Crippen LogP contribution in [-0.4, -0.2) is 31.1 Å². The Morgan fingerprint density at radius 2 is 1.92 bits per heavy atom. The first kappa shape index (κ1) is 18.3. The highest BCUT2D eigenvalue weighted by atomic mass is 16.5. The predicted octanol–water partition coefficient (Wildman–Crippen LogP) is 3.47. The molecule has 1 amide bonds. The molecule has 5 heteroatoms. The smallest absolute Gasteiger partial charge is 0.306 e. The second kappa shape index (κ2) is 9.96. The second-order valence-corrected chi connectivity index (χ2v) is 6.04. The van der Waals surface area contributed by atoms with Gasteiger partial charge >= 0.3 is 5.97 Å². The third kappa shape index (κ3) is 5.87. The van der Waals surface area contributed by atoms with Crippen LogP contribution in [0.5, 0.6) is 5.75 Å². The number of rotatable bonds is 8. The molecular weight excluding hydrogens is 306 g/mol. The molecule has 2 rings (SSSR count). The van der Waals surface area contributed by atoms with Gasteiger partial charge in [-0.2, -0.15) is 0 Å². The molecule has 1 saturated carbocycles. The van der Waals surface area contributed by atoms with Gasteiger partial charge in [0.2, 0.25) is 0 Å². The number of hydrogen-bond donors (Lipinski definition) is 1. The molecule has 0 atom stereocenters. The SMILES string of the molecule is CCOc1ccccc1C(=O)NCCCC(=O)OC1CCCCC1. The highest BCUT2D eigenvalue weighted by Gasteiger charge is 2.17. The summed E-state index contributed by atoms with van der Waals surface area (Å²) in [6.45, 7) is 2.84. The van der Waals surface area contributed by atoms with E-state index in [1.807, 2.05) is 13.0 Å². The Morgan fingerprint density at radius 1 is 1.17 bits per heavy atom. The van der Waals surface area contributed by atoms with Crippen molar-refractivity contribution in [1.29, 1.82) is 0 Å². The number of carbonyl (C=O) groups excluding carboxylic acids is 2. The molecule has 0 unspecified atom stereocenters. The van der Waals surface area contributed by atoms with Crippen molar-refractivity contribution in [3.8, 4) is 5.75 Å². The first-order valence-corrected chi connectivity index (χ1v) is 8.90. The zero-order chi connectivity index (χ0) is 17.2. The van der Waals surface area contributed by atoms with Gasteiger partial charge in [0.15, 0.2) is 0 Å². The highest BCUT2D eigenvalue weighted by molar-refractivity contribution is 5.96. The molecule has 1 aromatic rings. The Balaban J connectivity index is 1.68. The van der Waals surface area contributed by atoms with Crippen molar-refractivity contribution in [3.63, 3.8) is 0 Å². The van der Waals surface area contributed by atoms with Crippen molar-refractivity contribution in [2.45, 2.75) is 58.0 Å². The quantitative estimate of drug-likeness (QED) is 0.584. The fourth-order valence-electron chi connectivity index (χ4n) is 2.89. The average Bonchev–Trinajstić information content (AvgIpc) is 2.60. The number of benzene rings is 1. The maximum absolute atomic E-state index is 12.2. The Labute approximate surface area is 143 Å². The maximum atomic E-state index is 12.2. The van der Waals surface area contributed by atoms with Gasteiger partial charge in [0.25, 0.3) is 5.91 Å². The van der Waals surface area contributed by atoms with E-state index in [1.54, 1.807) is 18.2 Å². The number of nitrogens with one attached hydrogen (secondary N) is 1. The summed E-state index contributed by atoms with van der Waals surface area (Å²) < 4.78 is 10.9. The number of carbonyl (C=O) groups is 2. The minimum absolute atomic E-state index is 0.0962. The van der Waals surface area contributed by atoms with Crippen molar-refractivity contribution < 1.29 is 19.1 Å². The minimum Gasteiger partial charge on any atom is -0.493 e. The summed E-state index contributed by atoms with van der Waals surface area (Å²) in [7, 11) is 0. The Morgan fingerprint density at radius 3 is 2.67 bits per heavy atom. The molecule has 1 N–H and O–H groups in total. The van der Waals surface area contributed by atoms with Crippen LogP contribution in [0.4, 0.5) is 0 Å². The van der Waals surface area contributed by atoms with E-state index in [0.717, 1.165) is 25.7 Å². The summed E-state index contributed by atoms with van der Waals surface area (Å²) in [6, 6.07) is 7.15. The van der Waals surface area contributed by atoms with Crippen molar-refractivity contribution in [1.82, 2.24) is 5.32 Å². The molecule has 5 nitrogen and oxygen atoms in total. The Kier molecular flexibility index (Phi) is 7.59. The average molecular weight is 333 g/mol. The van der Waals surface area contributed by atoms with Crippen LogP contribution in [-0.2, 0) is 9.53 Å². The molecule has 1 aliphatic carbocycles. The predicted molar refractivity (Wildman–Crippen MR) is 92.1 cm³/mol. The number of amides is 1. The third-order valence-corrected chi connectivity index (χ3v) is 4.13. The van der Waals surface area contributed by atoms with Gasteiger partial charge in [-0.15, -0.1) is 0 Å². The lowest BCUT2D eigenvalue weighted by atomic mass is 9.98. The Bertz CT molecular complexity index is 538. The topological polar surface area (TPSA) is 64.6 Å². The molecule has 0 aromatic heterocycles. The van der Waals surface area contributed by atoms with Crippen LogP contribution >= 0.6 is 0 Å². The van der Waals surface area contributed by atoms with Crippen molar-refractivity contribution in [2.24, 2.45) is 0 Å². The van der Waals surface area contributed by atoms with Crippen molar-refractivity contribution in [2.75, 3.05) is 13.2 Å². The van der Waals surface area contributed by atoms with Gasteiger partial charge in [-0.3, -0.25) is 9.59 Å². The molecule has 132 valence electrons. The summed E-state index contributed by atoms with van der Waals surface area (Å²) in [5, 5.41) is 2.83.